The molecule has 5 heterocycles. The van der Waals surface area contributed by atoms with E-state index in [1.165, 1.54) is 25.3 Å². The van der Waals surface area contributed by atoms with Crippen molar-refractivity contribution in [2.24, 2.45) is 5.41 Å². The van der Waals surface area contributed by atoms with Crippen LogP contribution >= 0.6 is 0 Å². The Balaban J connectivity index is 1.23. The van der Waals surface area contributed by atoms with E-state index in [0.717, 1.165) is 38.1 Å². The number of nitrogens with one attached hydrogen (secondary N) is 2. The number of hydrogen-bond acceptors (Lipinski definition) is 7. The number of imidazole rings is 1. The van der Waals surface area contributed by atoms with Gasteiger partial charge in [0.1, 0.15) is 22.9 Å². The quantitative estimate of drug-likeness (QED) is 0.367. The van der Waals surface area contributed by atoms with Crippen LogP contribution in [0.4, 0.5) is 26.2 Å². The number of hydrogen-bond donors (Lipinski definition) is 2. The lowest BCUT2D eigenvalue weighted by atomic mass is 9.80. The Hall–Kier alpha value is -3.66. The molecule has 4 aromatic rings. The molecule has 0 amide bonds. The topological polar surface area (TPSA) is 83.8 Å². The first-order chi connectivity index (χ1) is 18.3. The molecule has 0 aliphatic carbocycles. The van der Waals surface area contributed by atoms with Crippen LogP contribution < -0.4 is 15.5 Å². The fourth-order valence-electron chi connectivity index (χ4n) is 5.98. The van der Waals surface area contributed by atoms with Gasteiger partial charge in [0, 0.05) is 36.7 Å². The van der Waals surface area contributed by atoms with Gasteiger partial charge < -0.3 is 20.1 Å². The lowest BCUT2D eigenvalue weighted by Gasteiger charge is -2.34. The number of nitrogens with zero attached hydrogens (tertiary/aromatic N) is 6. The Labute approximate surface area is 220 Å². The third-order valence-corrected chi connectivity index (χ3v) is 7.81. The van der Waals surface area contributed by atoms with Gasteiger partial charge in [-0.25, -0.2) is 28.7 Å². The first-order valence-corrected chi connectivity index (χ1v) is 13.2. The van der Waals surface area contributed by atoms with Crippen LogP contribution in [0, 0.1) is 24.0 Å². The van der Waals surface area contributed by atoms with Crippen LogP contribution in [0.25, 0.3) is 22.3 Å². The number of aryl methyl sites for hydroxylation is 1. The van der Waals surface area contributed by atoms with Gasteiger partial charge in [-0.3, -0.25) is 0 Å². The first-order valence-electron chi connectivity index (χ1n) is 13.2. The van der Waals surface area contributed by atoms with Crippen molar-refractivity contribution in [3.8, 4) is 11.3 Å². The minimum atomic E-state index is -0.634. The molecule has 1 spiro atoms. The molecule has 0 bridgehead atoms. The minimum Gasteiger partial charge on any atom is -0.370 e. The predicted molar refractivity (Wildman–Crippen MR) is 145 cm³/mol. The second kappa shape index (κ2) is 9.58. The summed E-state index contributed by atoms with van der Waals surface area (Å²) in [5.74, 6) is 0.284. The number of fused-ring (bicyclic) bond motifs is 1. The van der Waals surface area contributed by atoms with Gasteiger partial charge in [0.15, 0.2) is 11.6 Å². The Morgan fingerprint density at radius 1 is 1.05 bits per heavy atom. The van der Waals surface area contributed by atoms with Crippen LogP contribution in [-0.4, -0.2) is 50.7 Å². The summed E-state index contributed by atoms with van der Waals surface area (Å²) in [7, 11) is 0. The van der Waals surface area contributed by atoms with Gasteiger partial charge >= 0.3 is 0 Å². The Bertz CT molecular complexity index is 1470. The normalized spacial score (nSPS) is 19.7. The van der Waals surface area contributed by atoms with Crippen LogP contribution in [0.2, 0.25) is 0 Å². The molecular formula is C28H32F2N8. The lowest BCUT2D eigenvalue weighted by Crippen LogP contribution is -2.41. The number of benzene rings is 1. The van der Waals surface area contributed by atoms with E-state index in [-0.39, 0.29) is 23.2 Å². The summed E-state index contributed by atoms with van der Waals surface area (Å²) in [6.07, 6.45) is 6.63. The third kappa shape index (κ3) is 4.47. The standard InChI is InChI=1S/C28H32F2N8/c1-17(2)38-18(3)34-26-21(29)11-19(12-23(26)38)25-22(30)14-33-27(36-25)35-24-6-5-20(13-32-24)37-10-8-28(16-37)7-4-9-31-15-28/h5-6,11-14,17,31H,4,7-10,15-16H2,1-3H3,(H,32,33,35,36). The van der Waals surface area contributed by atoms with Crippen molar-refractivity contribution in [2.75, 3.05) is 36.4 Å². The molecule has 0 radical (unpaired) electrons. The molecule has 38 heavy (non-hydrogen) atoms. The van der Waals surface area contributed by atoms with Crippen LogP contribution in [0.3, 0.4) is 0 Å². The largest absolute Gasteiger partial charge is 0.370 e. The summed E-state index contributed by atoms with van der Waals surface area (Å²) in [5, 5.41) is 6.61. The molecular weight excluding hydrogens is 486 g/mol. The molecule has 2 N–H and O–H groups in total. The molecule has 1 aromatic carbocycles. The molecule has 2 aliphatic rings. The zero-order valence-electron chi connectivity index (χ0n) is 21.9. The van der Waals surface area contributed by atoms with Crippen LogP contribution in [0.15, 0.2) is 36.7 Å². The highest BCUT2D eigenvalue weighted by molar-refractivity contribution is 5.83. The molecule has 2 aliphatic heterocycles. The summed E-state index contributed by atoms with van der Waals surface area (Å²) in [5.41, 5.74) is 2.65. The van der Waals surface area contributed by atoms with E-state index < -0.39 is 11.6 Å². The molecule has 1 unspecified atom stereocenters. The molecule has 2 saturated heterocycles. The summed E-state index contributed by atoms with van der Waals surface area (Å²) in [4.78, 5) is 19.8. The van der Waals surface area contributed by atoms with Crippen molar-refractivity contribution in [3.05, 3.63) is 54.1 Å². The summed E-state index contributed by atoms with van der Waals surface area (Å²) < 4.78 is 31.7. The van der Waals surface area contributed by atoms with Crippen LogP contribution in [-0.2, 0) is 0 Å². The fraction of sp³-hybridized carbons (Fsp3) is 0.429. The zero-order valence-corrected chi connectivity index (χ0v) is 21.9. The number of anilines is 3. The number of halogens is 2. The SMILES string of the molecule is Cc1nc2c(F)cc(-c3nc(Nc4ccc(N5CCC6(CCCNC6)C5)cn4)ncc3F)cc2n1C(C)C. The maximum atomic E-state index is 15.0. The Morgan fingerprint density at radius 3 is 2.66 bits per heavy atom. The second-order valence-corrected chi connectivity index (χ2v) is 10.8. The van der Waals surface area contributed by atoms with E-state index in [1.54, 1.807) is 6.07 Å². The average Bonchev–Trinajstić information content (AvgIpc) is 3.47. The molecule has 198 valence electrons. The lowest BCUT2D eigenvalue weighted by molar-refractivity contribution is 0.239. The Morgan fingerprint density at radius 2 is 1.92 bits per heavy atom. The van der Waals surface area contributed by atoms with Crippen molar-refractivity contribution in [2.45, 2.75) is 46.1 Å². The second-order valence-electron chi connectivity index (χ2n) is 10.8. The van der Waals surface area contributed by atoms with Crippen molar-refractivity contribution in [1.29, 1.82) is 0 Å². The van der Waals surface area contributed by atoms with E-state index in [2.05, 4.69) is 35.5 Å². The molecule has 6 rings (SSSR count). The summed E-state index contributed by atoms with van der Waals surface area (Å²) in [6.45, 7) is 10.1. The molecule has 8 nitrogen and oxygen atoms in total. The van der Waals surface area contributed by atoms with Gasteiger partial charge in [0.25, 0.3) is 0 Å². The van der Waals surface area contributed by atoms with Crippen molar-refractivity contribution >= 4 is 28.5 Å². The van der Waals surface area contributed by atoms with Crippen LogP contribution in [0.1, 0.15) is 45.0 Å². The van der Waals surface area contributed by atoms with Gasteiger partial charge in [-0.2, -0.15) is 0 Å². The summed E-state index contributed by atoms with van der Waals surface area (Å²) in [6, 6.07) is 6.98. The van der Waals surface area contributed by atoms with E-state index >= 15 is 0 Å². The van der Waals surface area contributed by atoms with E-state index in [0.29, 0.717) is 28.1 Å². The van der Waals surface area contributed by atoms with Gasteiger partial charge in [-0.05, 0) is 70.8 Å². The Kier molecular flexibility index (Phi) is 6.22. The predicted octanol–water partition coefficient (Wildman–Crippen LogP) is 5.38. The maximum absolute atomic E-state index is 15.0. The number of rotatable bonds is 5. The smallest absolute Gasteiger partial charge is 0.229 e. The van der Waals surface area contributed by atoms with Gasteiger partial charge in [-0.1, -0.05) is 0 Å². The first kappa shape index (κ1) is 24.7. The van der Waals surface area contributed by atoms with E-state index in [4.69, 9.17) is 0 Å². The van der Waals surface area contributed by atoms with E-state index in [1.807, 2.05) is 43.7 Å². The average molecular weight is 519 g/mol. The molecule has 10 heteroatoms. The van der Waals surface area contributed by atoms with Gasteiger partial charge in [0.2, 0.25) is 5.95 Å². The zero-order chi connectivity index (χ0) is 26.4. The van der Waals surface area contributed by atoms with Crippen molar-refractivity contribution in [3.63, 3.8) is 0 Å². The number of pyridine rings is 1. The summed E-state index contributed by atoms with van der Waals surface area (Å²) >= 11 is 0. The number of piperidine rings is 1. The fourth-order valence-corrected chi connectivity index (χ4v) is 5.98. The van der Waals surface area contributed by atoms with Gasteiger partial charge in [-0.15, -0.1) is 0 Å². The molecule has 3 aromatic heterocycles. The van der Waals surface area contributed by atoms with Gasteiger partial charge in [0.05, 0.1) is 23.6 Å². The third-order valence-electron chi connectivity index (χ3n) is 7.81. The highest BCUT2D eigenvalue weighted by Gasteiger charge is 2.39. The highest BCUT2D eigenvalue weighted by Crippen LogP contribution is 2.38. The molecule has 2 fully saturated rings. The number of aromatic nitrogens is 5. The van der Waals surface area contributed by atoms with Crippen LogP contribution in [0.5, 0.6) is 0 Å². The highest BCUT2D eigenvalue weighted by atomic mass is 19.1. The monoisotopic (exact) mass is 518 g/mol. The molecule has 1 atom stereocenters. The van der Waals surface area contributed by atoms with Crippen molar-refractivity contribution in [1.82, 2.24) is 29.8 Å². The van der Waals surface area contributed by atoms with Crippen molar-refractivity contribution < 1.29 is 8.78 Å². The van der Waals surface area contributed by atoms with E-state index in [9.17, 15) is 8.78 Å². The molecule has 0 saturated carbocycles. The minimum absolute atomic E-state index is 0.0116. The maximum Gasteiger partial charge on any atom is 0.229 e.